The number of nitrogens with one attached hydrogen (secondary N) is 1. The molecule has 1 unspecified atom stereocenters. The van der Waals surface area contributed by atoms with Gasteiger partial charge in [0.25, 0.3) is 5.91 Å². The third-order valence-electron chi connectivity index (χ3n) is 3.11. The summed E-state index contributed by atoms with van der Waals surface area (Å²) in [5, 5.41) is 14.0. The monoisotopic (exact) mass is 282 g/mol. The van der Waals surface area contributed by atoms with Gasteiger partial charge >= 0.3 is 0 Å². The molecule has 2 N–H and O–H groups in total. The van der Waals surface area contributed by atoms with Gasteiger partial charge in [-0.05, 0) is 24.3 Å². The van der Waals surface area contributed by atoms with Crippen LogP contribution in [0.2, 0.25) is 0 Å². The number of β-amino-alcohol motifs (C(OH)–C–C–N with tert-alkyl or cyclic N) is 1. The number of aliphatic hydroxyl groups excluding tert-OH is 1. The van der Waals surface area contributed by atoms with Crippen LogP contribution in [0.4, 0.5) is 0 Å². The molecule has 1 aliphatic rings. The lowest BCUT2D eigenvalue weighted by Crippen LogP contribution is -2.30. The number of nitrogens with zero attached hydrogens (tertiary/aromatic N) is 1. The predicted octanol–water partition coefficient (Wildman–Crippen LogP) is 0.851. The van der Waals surface area contributed by atoms with E-state index < -0.39 is 0 Å². The number of aliphatic hydroxyl groups is 1. The molecule has 1 aromatic heterocycles. The first kappa shape index (κ1) is 14.0. The molecule has 1 saturated heterocycles. The summed E-state index contributed by atoms with van der Waals surface area (Å²) in [6, 6.07) is 3.61. The Morgan fingerprint density at radius 1 is 1.53 bits per heavy atom. The molecule has 1 aromatic rings. The molecule has 1 fully saturated rings. The van der Waals surface area contributed by atoms with E-state index in [1.165, 1.54) is 11.3 Å². The second kappa shape index (κ2) is 6.68. The predicted molar refractivity (Wildman–Crippen MR) is 73.1 cm³/mol. The fourth-order valence-electron chi connectivity index (χ4n) is 2.06. The van der Waals surface area contributed by atoms with Crippen LogP contribution < -0.4 is 5.32 Å². The molecule has 0 aliphatic carbocycles. The van der Waals surface area contributed by atoms with Crippen molar-refractivity contribution in [1.82, 2.24) is 10.2 Å². The summed E-state index contributed by atoms with van der Waals surface area (Å²) in [6.45, 7) is 1.58. The second-order valence-corrected chi connectivity index (χ2v) is 5.57. The van der Waals surface area contributed by atoms with Crippen LogP contribution in [0.15, 0.2) is 17.5 Å². The number of rotatable bonds is 5. The van der Waals surface area contributed by atoms with E-state index in [4.69, 9.17) is 0 Å². The van der Waals surface area contributed by atoms with E-state index >= 15 is 0 Å². The van der Waals surface area contributed by atoms with Crippen molar-refractivity contribution in [2.45, 2.75) is 25.4 Å². The summed E-state index contributed by atoms with van der Waals surface area (Å²) in [7, 11) is 0. The Bertz CT molecular complexity index is 433. The molecule has 2 heterocycles. The van der Waals surface area contributed by atoms with Crippen molar-refractivity contribution in [3.8, 4) is 0 Å². The molecule has 2 rings (SSSR count). The van der Waals surface area contributed by atoms with Gasteiger partial charge in [0, 0.05) is 26.1 Å². The van der Waals surface area contributed by atoms with Crippen LogP contribution in [0.3, 0.4) is 0 Å². The van der Waals surface area contributed by atoms with Crippen LogP contribution >= 0.6 is 11.3 Å². The number of thiophene rings is 1. The second-order valence-electron chi connectivity index (χ2n) is 4.62. The van der Waals surface area contributed by atoms with Gasteiger partial charge in [0.05, 0.1) is 11.0 Å². The number of likely N-dealkylation sites (tertiary alicyclic amines) is 1. The van der Waals surface area contributed by atoms with E-state index in [9.17, 15) is 14.7 Å². The van der Waals surface area contributed by atoms with Gasteiger partial charge < -0.3 is 15.3 Å². The Balaban J connectivity index is 1.62. The minimum Gasteiger partial charge on any atom is -0.391 e. The van der Waals surface area contributed by atoms with Crippen molar-refractivity contribution in [3.05, 3.63) is 22.4 Å². The highest BCUT2D eigenvalue weighted by atomic mass is 32.1. The fraction of sp³-hybridized carbons (Fsp3) is 0.538. The van der Waals surface area contributed by atoms with E-state index in [1.807, 2.05) is 11.4 Å². The van der Waals surface area contributed by atoms with E-state index in [0.29, 0.717) is 43.8 Å². The standard InChI is InChI=1S/C13H18N2O3S/c16-10-5-7-15(9-10)12(17)4-1-6-14-13(18)11-3-2-8-19-11/h2-3,8,10,16H,1,4-7,9H2,(H,14,18). The maximum Gasteiger partial charge on any atom is 0.261 e. The third kappa shape index (κ3) is 4.04. The van der Waals surface area contributed by atoms with Crippen LogP contribution in [0, 0.1) is 0 Å². The van der Waals surface area contributed by atoms with Gasteiger partial charge in [-0.15, -0.1) is 11.3 Å². The first-order valence-corrected chi connectivity index (χ1v) is 7.32. The average Bonchev–Trinajstić information content (AvgIpc) is 3.04. The first-order valence-electron chi connectivity index (χ1n) is 6.44. The molecule has 2 amide bonds. The molecule has 5 nitrogen and oxygen atoms in total. The van der Waals surface area contributed by atoms with Crippen LogP contribution in [0.5, 0.6) is 0 Å². The van der Waals surface area contributed by atoms with E-state index in [2.05, 4.69) is 5.32 Å². The lowest BCUT2D eigenvalue weighted by molar-refractivity contribution is -0.130. The Hall–Kier alpha value is -1.40. The molecule has 0 radical (unpaired) electrons. The number of amides is 2. The summed E-state index contributed by atoms with van der Waals surface area (Å²) in [6.07, 6.45) is 1.34. The minimum atomic E-state index is -0.373. The van der Waals surface area contributed by atoms with E-state index in [1.54, 1.807) is 11.0 Å². The summed E-state index contributed by atoms with van der Waals surface area (Å²) in [4.78, 5) is 25.8. The summed E-state index contributed by atoms with van der Waals surface area (Å²) in [5.41, 5.74) is 0. The third-order valence-corrected chi connectivity index (χ3v) is 3.98. The lowest BCUT2D eigenvalue weighted by Gasteiger charge is -2.15. The van der Waals surface area contributed by atoms with Crippen LogP contribution in [-0.4, -0.2) is 47.6 Å². The normalized spacial score (nSPS) is 18.6. The molecule has 104 valence electrons. The van der Waals surface area contributed by atoms with Gasteiger partial charge in [-0.1, -0.05) is 6.07 Å². The maximum atomic E-state index is 11.8. The molecule has 19 heavy (non-hydrogen) atoms. The zero-order chi connectivity index (χ0) is 13.7. The molecule has 0 aromatic carbocycles. The van der Waals surface area contributed by atoms with Crippen LogP contribution in [0.25, 0.3) is 0 Å². The van der Waals surface area contributed by atoms with Gasteiger partial charge in [0.15, 0.2) is 0 Å². The Morgan fingerprint density at radius 3 is 3.00 bits per heavy atom. The molecule has 0 saturated carbocycles. The molecule has 6 heteroatoms. The van der Waals surface area contributed by atoms with Crippen molar-refractivity contribution in [2.24, 2.45) is 0 Å². The maximum absolute atomic E-state index is 11.8. The van der Waals surface area contributed by atoms with Gasteiger partial charge in [-0.2, -0.15) is 0 Å². The number of carbonyl (C=O) groups excluding carboxylic acids is 2. The fourth-order valence-corrected chi connectivity index (χ4v) is 2.70. The molecule has 1 aliphatic heterocycles. The Kier molecular flexibility index (Phi) is 4.93. The summed E-state index contributed by atoms with van der Waals surface area (Å²) < 4.78 is 0. The quantitative estimate of drug-likeness (QED) is 0.787. The van der Waals surface area contributed by atoms with Gasteiger partial charge in [0.2, 0.25) is 5.91 Å². The minimum absolute atomic E-state index is 0.0573. The van der Waals surface area contributed by atoms with Crippen LogP contribution in [-0.2, 0) is 4.79 Å². The SMILES string of the molecule is O=C(NCCCC(=O)N1CCC(O)C1)c1cccs1. The number of hydrogen-bond donors (Lipinski definition) is 2. The Morgan fingerprint density at radius 2 is 2.37 bits per heavy atom. The van der Waals surface area contributed by atoms with Crippen molar-refractivity contribution < 1.29 is 14.7 Å². The summed E-state index contributed by atoms with van der Waals surface area (Å²) >= 11 is 1.40. The van der Waals surface area contributed by atoms with Crippen molar-refractivity contribution in [2.75, 3.05) is 19.6 Å². The van der Waals surface area contributed by atoms with Gasteiger partial charge in [-0.25, -0.2) is 0 Å². The number of carbonyl (C=O) groups is 2. The lowest BCUT2D eigenvalue weighted by atomic mass is 10.2. The largest absolute Gasteiger partial charge is 0.391 e. The van der Waals surface area contributed by atoms with Crippen LogP contribution in [0.1, 0.15) is 28.9 Å². The zero-order valence-corrected chi connectivity index (χ0v) is 11.5. The first-order chi connectivity index (χ1) is 9.16. The molecule has 1 atom stereocenters. The van der Waals surface area contributed by atoms with Gasteiger partial charge in [-0.3, -0.25) is 9.59 Å². The average molecular weight is 282 g/mol. The smallest absolute Gasteiger partial charge is 0.261 e. The van der Waals surface area contributed by atoms with E-state index in [0.717, 1.165) is 0 Å². The highest BCUT2D eigenvalue weighted by Crippen LogP contribution is 2.11. The van der Waals surface area contributed by atoms with Crippen molar-refractivity contribution in [1.29, 1.82) is 0 Å². The highest BCUT2D eigenvalue weighted by Gasteiger charge is 2.23. The summed E-state index contributed by atoms with van der Waals surface area (Å²) in [5.74, 6) is -0.0269. The molecular weight excluding hydrogens is 264 g/mol. The Labute approximate surface area is 116 Å². The topological polar surface area (TPSA) is 69.6 Å². The molecule has 0 spiro atoms. The number of hydrogen-bond acceptors (Lipinski definition) is 4. The highest BCUT2D eigenvalue weighted by molar-refractivity contribution is 7.12. The molecular formula is C13H18N2O3S. The zero-order valence-electron chi connectivity index (χ0n) is 10.7. The van der Waals surface area contributed by atoms with Gasteiger partial charge in [0.1, 0.15) is 0 Å². The van der Waals surface area contributed by atoms with E-state index in [-0.39, 0.29) is 17.9 Å². The molecule has 0 bridgehead atoms. The van der Waals surface area contributed by atoms with Crippen molar-refractivity contribution in [3.63, 3.8) is 0 Å². The van der Waals surface area contributed by atoms with Crippen molar-refractivity contribution >= 4 is 23.2 Å².